The van der Waals surface area contributed by atoms with Crippen LogP contribution in [0.1, 0.15) is 27.9 Å². The largest absolute Gasteiger partial charge is 0.475 e. The van der Waals surface area contributed by atoms with Gasteiger partial charge in [-0.2, -0.15) is 5.26 Å². The number of rotatable bonds is 10. The summed E-state index contributed by atoms with van der Waals surface area (Å²) in [5.41, 5.74) is 3.94. The Morgan fingerprint density at radius 1 is 1.09 bits per heavy atom. The third-order valence-corrected chi connectivity index (χ3v) is 5.22. The van der Waals surface area contributed by atoms with E-state index < -0.39 is 19.2 Å². The third kappa shape index (κ3) is 8.08. The van der Waals surface area contributed by atoms with Crippen LogP contribution in [-0.4, -0.2) is 45.9 Å². The molecule has 1 heterocycles. The number of aliphatic hydroxyl groups is 1. The minimum atomic E-state index is -1.74. The van der Waals surface area contributed by atoms with Crippen molar-refractivity contribution < 1.29 is 24.7 Å². The number of carbonyl (C=O) groups is 1. The van der Waals surface area contributed by atoms with Gasteiger partial charge in [0.2, 0.25) is 0 Å². The minimum absolute atomic E-state index is 0.0365. The Bertz CT molecular complexity index is 1180. The quantitative estimate of drug-likeness (QED) is 0.264. The molecule has 0 aliphatic heterocycles. The number of carbonyl (C=O) groups excluding carboxylic acids is 1. The van der Waals surface area contributed by atoms with Crippen LogP contribution >= 0.6 is 0 Å². The van der Waals surface area contributed by atoms with E-state index in [1.807, 2.05) is 36.4 Å². The maximum Gasteiger partial charge on any atom is 0.475 e. The van der Waals surface area contributed by atoms with Crippen LogP contribution in [0.4, 0.5) is 4.79 Å². The number of hydrogen-bond donors (Lipinski definition) is 4. The predicted molar refractivity (Wildman–Crippen MR) is 132 cm³/mol. The van der Waals surface area contributed by atoms with Gasteiger partial charge in [-0.15, -0.1) is 0 Å². The molecule has 0 radical (unpaired) electrons. The molecule has 0 fully saturated rings. The van der Waals surface area contributed by atoms with Gasteiger partial charge in [0.1, 0.15) is 6.07 Å². The third-order valence-electron chi connectivity index (χ3n) is 5.22. The van der Waals surface area contributed by atoms with Gasteiger partial charge in [0.25, 0.3) is 0 Å². The van der Waals surface area contributed by atoms with Crippen molar-refractivity contribution in [2.45, 2.75) is 25.4 Å². The van der Waals surface area contributed by atoms with Gasteiger partial charge < -0.3 is 25.2 Å². The number of aliphatic hydroxyl groups excluding tert-OH is 1. The molecule has 9 heteroatoms. The van der Waals surface area contributed by atoms with Gasteiger partial charge in [-0.25, -0.2) is 4.79 Å². The number of benzene rings is 2. The molecule has 35 heavy (non-hydrogen) atoms. The number of ether oxygens (including phenoxy) is 1. The number of alkyl carbamates (subject to hydrolysis) is 1. The van der Waals surface area contributed by atoms with Crippen LogP contribution in [0.25, 0.3) is 11.6 Å². The Morgan fingerprint density at radius 2 is 1.83 bits per heavy atom. The maximum atomic E-state index is 12.2. The summed E-state index contributed by atoms with van der Waals surface area (Å²) < 4.78 is 5.24. The van der Waals surface area contributed by atoms with Crippen molar-refractivity contribution in [1.29, 1.82) is 5.26 Å². The van der Waals surface area contributed by atoms with Gasteiger partial charge >= 0.3 is 13.2 Å². The molecular weight excluding hydrogens is 445 g/mol. The van der Waals surface area contributed by atoms with E-state index >= 15 is 0 Å². The van der Waals surface area contributed by atoms with Crippen LogP contribution in [0.2, 0.25) is 0 Å². The van der Waals surface area contributed by atoms with Crippen LogP contribution < -0.4 is 5.32 Å². The van der Waals surface area contributed by atoms with Crippen molar-refractivity contribution in [3.63, 3.8) is 0 Å². The zero-order valence-corrected chi connectivity index (χ0v) is 19.0. The number of nitrogens with one attached hydrogen (secondary N) is 1. The molecule has 178 valence electrons. The molecule has 3 rings (SSSR count). The van der Waals surface area contributed by atoms with E-state index in [-0.39, 0.29) is 19.6 Å². The van der Waals surface area contributed by atoms with E-state index in [1.54, 1.807) is 42.6 Å². The molecule has 0 saturated carbocycles. The summed E-state index contributed by atoms with van der Waals surface area (Å²) in [7, 11) is -1.74. The number of aromatic nitrogens is 1. The molecule has 0 unspecified atom stereocenters. The van der Waals surface area contributed by atoms with E-state index in [2.05, 4.69) is 16.4 Å². The first-order chi connectivity index (χ1) is 17.0. The summed E-state index contributed by atoms with van der Waals surface area (Å²) >= 11 is 0. The van der Waals surface area contributed by atoms with Crippen LogP contribution in [0.5, 0.6) is 0 Å². The topological polar surface area (TPSA) is 136 Å². The average molecular weight is 471 g/mol. The van der Waals surface area contributed by atoms with Gasteiger partial charge in [0.05, 0.1) is 30.4 Å². The Hall–Kier alpha value is -3.97. The van der Waals surface area contributed by atoms with Gasteiger partial charge in [0.15, 0.2) is 0 Å². The summed E-state index contributed by atoms with van der Waals surface area (Å²) in [6.07, 6.45) is 3.13. The Kier molecular flexibility index (Phi) is 9.57. The van der Waals surface area contributed by atoms with E-state index in [0.29, 0.717) is 28.8 Å². The first kappa shape index (κ1) is 25.7. The standard InChI is InChI=1S/C26H26BN3O5/c28-17-23(24-8-4-5-10-29-24)15-21-12-20(13-22(14-21)18-31)9-11-35-26(32)30-25(27(33)34)16-19-6-2-1-3-7-19/h1-8,10,12-15,25,31,33-34H,9,11,16,18H2,(H,30,32)/t25-/m0/s1. The second kappa shape index (κ2) is 13.1. The van der Waals surface area contributed by atoms with E-state index in [0.717, 1.165) is 11.1 Å². The fourth-order valence-corrected chi connectivity index (χ4v) is 3.52. The number of allylic oxidation sites excluding steroid dienone is 1. The number of hydrogen-bond acceptors (Lipinski definition) is 7. The number of amides is 1. The van der Waals surface area contributed by atoms with Gasteiger partial charge in [-0.3, -0.25) is 4.98 Å². The SMILES string of the molecule is N#CC(=Cc1cc(CO)cc(CCOC(=O)N[C@@H](Cc2ccccc2)B(O)O)c1)c1ccccn1. The molecular formula is C26H26BN3O5. The van der Waals surface area contributed by atoms with Crippen LogP contribution in [-0.2, 0) is 24.2 Å². The molecule has 2 aromatic carbocycles. The Morgan fingerprint density at radius 3 is 2.49 bits per heavy atom. The van der Waals surface area contributed by atoms with Crippen molar-refractivity contribution in [3.05, 3.63) is 101 Å². The molecule has 0 aliphatic rings. The smallest absolute Gasteiger partial charge is 0.449 e. The van der Waals surface area contributed by atoms with Crippen LogP contribution in [0, 0.1) is 11.3 Å². The highest BCUT2D eigenvalue weighted by atomic mass is 16.5. The lowest BCUT2D eigenvalue weighted by Crippen LogP contribution is -2.48. The second-order valence-corrected chi connectivity index (χ2v) is 7.87. The molecule has 3 aromatic rings. The highest BCUT2D eigenvalue weighted by Gasteiger charge is 2.26. The summed E-state index contributed by atoms with van der Waals surface area (Å²) in [5.74, 6) is -0.921. The highest BCUT2D eigenvalue weighted by Crippen LogP contribution is 2.19. The molecule has 0 bridgehead atoms. The average Bonchev–Trinajstić information content (AvgIpc) is 2.87. The van der Waals surface area contributed by atoms with Crippen LogP contribution in [0.15, 0.2) is 72.9 Å². The summed E-state index contributed by atoms with van der Waals surface area (Å²) in [4.78, 5) is 16.4. The summed E-state index contributed by atoms with van der Waals surface area (Å²) in [6.45, 7) is -0.147. The van der Waals surface area contributed by atoms with Crippen molar-refractivity contribution >= 4 is 24.9 Å². The van der Waals surface area contributed by atoms with Gasteiger partial charge in [0, 0.05) is 12.6 Å². The number of nitriles is 1. The Labute approximate surface area is 204 Å². The maximum absolute atomic E-state index is 12.2. The molecule has 0 aliphatic carbocycles. The fraction of sp³-hybridized carbons (Fsp3) is 0.192. The van der Waals surface area contributed by atoms with Crippen molar-refractivity contribution in [3.8, 4) is 6.07 Å². The lowest BCUT2D eigenvalue weighted by Gasteiger charge is -2.17. The van der Waals surface area contributed by atoms with E-state index in [4.69, 9.17) is 4.74 Å². The lowest BCUT2D eigenvalue weighted by atomic mass is 9.76. The first-order valence-electron chi connectivity index (χ1n) is 11.1. The summed E-state index contributed by atoms with van der Waals surface area (Å²) in [5, 5.41) is 40.9. The van der Waals surface area contributed by atoms with E-state index in [9.17, 15) is 25.2 Å². The first-order valence-corrected chi connectivity index (χ1v) is 11.1. The number of pyridine rings is 1. The minimum Gasteiger partial charge on any atom is -0.449 e. The molecule has 0 spiro atoms. The molecule has 1 amide bonds. The summed E-state index contributed by atoms with van der Waals surface area (Å²) in [6, 6.07) is 22.0. The van der Waals surface area contributed by atoms with Crippen LogP contribution in [0.3, 0.4) is 0 Å². The number of nitrogens with zero attached hydrogens (tertiary/aromatic N) is 2. The van der Waals surface area contributed by atoms with Crippen molar-refractivity contribution in [1.82, 2.24) is 10.3 Å². The molecule has 8 nitrogen and oxygen atoms in total. The van der Waals surface area contributed by atoms with Gasteiger partial charge in [-0.05, 0) is 52.9 Å². The molecule has 0 saturated heterocycles. The van der Waals surface area contributed by atoms with Crippen molar-refractivity contribution in [2.75, 3.05) is 6.61 Å². The molecule has 1 aromatic heterocycles. The fourth-order valence-electron chi connectivity index (χ4n) is 3.52. The predicted octanol–water partition coefficient (Wildman–Crippen LogP) is 2.53. The zero-order chi connectivity index (χ0) is 25.0. The Balaban J connectivity index is 1.62. The highest BCUT2D eigenvalue weighted by molar-refractivity contribution is 6.43. The second-order valence-electron chi connectivity index (χ2n) is 7.87. The molecule has 1 atom stereocenters. The lowest BCUT2D eigenvalue weighted by molar-refractivity contribution is 0.144. The normalized spacial score (nSPS) is 11.9. The monoisotopic (exact) mass is 471 g/mol. The van der Waals surface area contributed by atoms with Crippen molar-refractivity contribution in [2.24, 2.45) is 0 Å². The van der Waals surface area contributed by atoms with E-state index in [1.165, 1.54) is 0 Å². The van der Waals surface area contributed by atoms with Gasteiger partial charge in [-0.1, -0.05) is 48.5 Å². The molecule has 4 N–H and O–H groups in total. The zero-order valence-electron chi connectivity index (χ0n) is 19.0.